The molecule has 0 bridgehead atoms. The lowest BCUT2D eigenvalue weighted by molar-refractivity contribution is -0.125. The van der Waals surface area contributed by atoms with Crippen molar-refractivity contribution in [2.24, 2.45) is 0 Å². The molecule has 3 rings (SSSR count). The van der Waals surface area contributed by atoms with Crippen molar-refractivity contribution in [1.82, 2.24) is 14.9 Å². The molecule has 1 amide bonds. The molecule has 2 aromatic rings. The van der Waals surface area contributed by atoms with Crippen molar-refractivity contribution in [1.29, 1.82) is 5.26 Å². The first-order valence-corrected chi connectivity index (χ1v) is 8.88. The predicted octanol–water partition coefficient (Wildman–Crippen LogP) is 2.23. The predicted molar refractivity (Wildman–Crippen MR) is 97.9 cm³/mol. The van der Waals surface area contributed by atoms with Gasteiger partial charge >= 0.3 is 0 Å². The lowest BCUT2D eigenvalue weighted by atomic mass is 9.86. The zero-order valence-electron chi connectivity index (χ0n) is 15.5. The van der Waals surface area contributed by atoms with Crippen molar-refractivity contribution in [3.05, 3.63) is 57.9 Å². The third-order valence-corrected chi connectivity index (χ3v) is 5.01. The molecule has 7 nitrogen and oxygen atoms in total. The molecule has 29 heavy (non-hydrogen) atoms. The first-order valence-electron chi connectivity index (χ1n) is 8.88. The lowest BCUT2D eigenvalue weighted by Gasteiger charge is -2.40. The standard InChI is InChI=1S/C19H18F3N5O2/c1-11(17(28)26-16-3-2-14(20)9-24-16)27-5-4-19(21,22)15(10-27)13-6-12(7-23)18(29)25-8-13/h2-3,6,8-9,11,15H,4-5,10H2,1H3,(H,25,29)(H,24,26,28). The Labute approximate surface area is 164 Å². The summed E-state index contributed by atoms with van der Waals surface area (Å²) in [5, 5.41) is 11.5. The number of carbonyl (C=O) groups excluding carboxylic acids is 1. The SMILES string of the molecule is CC(C(=O)Nc1ccc(F)cn1)N1CCC(F)(F)C(c2c[nH]c(=O)c(C#N)c2)C1. The van der Waals surface area contributed by atoms with Crippen LogP contribution in [-0.4, -0.2) is 45.8 Å². The molecule has 2 unspecified atom stereocenters. The average molecular weight is 405 g/mol. The first kappa shape index (κ1) is 20.5. The Bertz CT molecular complexity index is 1000. The number of hydrogen-bond acceptors (Lipinski definition) is 5. The number of aromatic nitrogens is 2. The van der Waals surface area contributed by atoms with Gasteiger partial charge in [-0.2, -0.15) is 5.26 Å². The number of likely N-dealkylation sites (tertiary alicyclic amines) is 1. The number of H-pyrrole nitrogens is 1. The summed E-state index contributed by atoms with van der Waals surface area (Å²) >= 11 is 0. The average Bonchev–Trinajstić information content (AvgIpc) is 2.69. The molecule has 1 aliphatic rings. The van der Waals surface area contributed by atoms with Gasteiger partial charge in [-0.1, -0.05) is 0 Å². The number of amides is 1. The molecule has 0 aromatic carbocycles. The summed E-state index contributed by atoms with van der Waals surface area (Å²) in [5.74, 6) is -5.21. The van der Waals surface area contributed by atoms with Crippen LogP contribution in [0.25, 0.3) is 0 Å². The summed E-state index contributed by atoms with van der Waals surface area (Å²) in [5.41, 5.74) is -0.765. The second-order valence-electron chi connectivity index (χ2n) is 6.87. The molecular formula is C19H18F3N5O2. The molecule has 2 atom stereocenters. The van der Waals surface area contributed by atoms with Crippen LogP contribution in [0.3, 0.4) is 0 Å². The van der Waals surface area contributed by atoms with Crippen molar-refractivity contribution in [2.75, 3.05) is 18.4 Å². The second kappa shape index (κ2) is 8.05. The maximum Gasteiger partial charge on any atom is 0.265 e. The highest BCUT2D eigenvalue weighted by Crippen LogP contribution is 2.40. The van der Waals surface area contributed by atoms with Gasteiger partial charge in [0.1, 0.15) is 23.3 Å². The lowest BCUT2D eigenvalue weighted by Crippen LogP contribution is -2.52. The van der Waals surface area contributed by atoms with Crippen LogP contribution in [0.15, 0.2) is 35.4 Å². The fraction of sp³-hybridized carbons (Fsp3) is 0.368. The van der Waals surface area contributed by atoms with E-state index in [4.69, 9.17) is 5.26 Å². The van der Waals surface area contributed by atoms with Crippen molar-refractivity contribution in [3.8, 4) is 6.07 Å². The summed E-state index contributed by atoms with van der Waals surface area (Å²) in [6.45, 7) is 1.42. The number of anilines is 1. The van der Waals surface area contributed by atoms with Crippen LogP contribution in [0.5, 0.6) is 0 Å². The number of piperidine rings is 1. The van der Waals surface area contributed by atoms with Gasteiger partial charge < -0.3 is 10.3 Å². The van der Waals surface area contributed by atoms with Crippen molar-refractivity contribution in [3.63, 3.8) is 0 Å². The third-order valence-electron chi connectivity index (χ3n) is 5.01. The Morgan fingerprint density at radius 3 is 2.90 bits per heavy atom. The van der Waals surface area contributed by atoms with Crippen LogP contribution in [-0.2, 0) is 4.79 Å². The van der Waals surface area contributed by atoms with E-state index < -0.39 is 41.6 Å². The zero-order chi connectivity index (χ0) is 21.2. The fourth-order valence-corrected chi connectivity index (χ4v) is 3.26. The molecule has 1 fully saturated rings. The maximum atomic E-state index is 14.6. The van der Waals surface area contributed by atoms with Crippen LogP contribution >= 0.6 is 0 Å². The molecule has 0 saturated carbocycles. The van der Waals surface area contributed by atoms with Crippen LogP contribution in [0.4, 0.5) is 19.0 Å². The van der Waals surface area contributed by atoms with Crippen molar-refractivity contribution < 1.29 is 18.0 Å². The number of alkyl halides is 2. The number of nitrogens with zero attached hydrogens (tertiary/aromatic N) is 3. The van der Waals surface area contributed by atoms with Gasteiger partial charge in [-0.3, -0.25) is 14.5 Å². The molecule has 2 N–H and O–H groups in total. The maximum absolute atomic E-state index is 14.6. The van der Waals surface area contributed by atoms with E-state index in [1.165, 1.54) is 12.3 Å². The topological polar surface area (TPSA) is 102 Å². The van der Waals surface area contributed by atoms with Gasteiger partial charge in [0.05, 0.1) is 18.2 Å². The molecule has 0 radical (unpaired) electrons. The number of aromatic amines is 1. The fourth-order valence-electron chi connectivity index (χ4n) is 3.26. The van der Waals surface area contributed by atoms with Gasteiger partial charge in [0.15, 0.2) is 0 Å². The highest BCUT2D eigenvalue weighted by atomic mass is 19.3. The van der Waals surface area contributed by atoms with Crippen LogP contribution in [0.2, 0.25) is 0 Å². The van der Waals surface area contributed by atoms with Gasteiger partial charge in [0.25, 0.3) is 11.5 Å². The van der Waals surface area contributed by atoms with E-state index in [0.29, 0.717) is 0 Å². The van der Waals surface area contributed by atoms with Gasteiger partial charge in [0, 0.05) is 25.7 Å². The summed E-state index contributed by atoms with van der Waals surface area (Å²) in [6.07, 6.45) is 1.66. The Morgan fingerprint density at radius 2 is 2.24 bits per heavy atom. The van der Waals surface area contributed by atoms with Gasteiger partial charge in [-0.25, -0.2) is 18.2 Å². The highest BCUT2D eigenvalue weighted by Gasteiger charge is 2.46. The molecule has 2 aromatic heterocycles. The van der Waals surface area contributed by atoms with Crippen molar-refractivity contribution in [2.45, 2.75) is 31.2 Å². The van der Waals surface area contributed by atoms with E-state index in [2.05, 4.69) is 15.3 Å². The number of halogens is 3. The quantitative estimate of drug-likeness (QED) is 0.812. The molecule has 10 heteroatoms. The molecular weight excluding hydrogens is 387 g/mol. The Hall–Kier alpha value is -3.19. The monoisotopic (exact) mass is 405 g/mol. The van der Waals surface area contributed by atoms with Gasteiger partial charge in [0.2, 0.25) is 5.91 Å². The molecule has 152 valence electrons. The minimum atomic E-state index is -3.06. The highest BCUT2D eigenvalue weighted by molar-refractivity contribution is 5.93. The normalized spacial score (nSPS) is 19.9. The third kappa shape index (κ3) is 4.46. The first-order chi connectivity index (χ1) is 13.7. The number of pyridine rings is 2. The Kier molecular flexibility index (Phi) is 5.70. The van der Waals surface area contributed by atoms with E-state index in [1.54, 1.807) is 17.9 Å². The molecule has 1 aliphatic heterocycles. The number of nitriles is 1. The van der Waals surface area contributed by atoms with E-state index in [-0.39, 0.29) is 30.0 Å². The van der Waals surface area contributed by atoms with E-state index >= 15 is 0 Å². The zero-order valence-corrected chi connectivity index (χ0v) is 15.5. The summed E-state index contributed by atoms with van der Waals surface area (Å²) in [4.78, 5) is 31.7. The number of hydrogen-bond donors (Lipinski definition) is 2. The molecule has 0 spiro atoms. The Balaban J connectivity index is 1.77. The number of rotatable bonds is 4. The number of carbonyl (C=O) groups is 1. The minimum Gasteiger partial charge on any atom is -0.328 e. The Morgan fingerprint density at radius 1 is 1.48 bits per heavy atom. The largest absolute Gasteiger partial charge is 0.328 e. The van der Waals surface area contributed by atoms with E-state index in [1.807, 2.05) is 0 Å². The van der Waals surface area contributed by atoms with Crippen LogP contribution in [0, 0.1) is 17.1 Å². The summed E-state index contributed by atoms with van der Waals surface area (Å²) in [7, 11) is 0. The van der Waals surface area contributed by atoms with E-state index in [9.17, 15) is 22.8 Å². The molecule has 1 saturated heterocycles. The summed E-state index contributed by atoms with van der Waals surface area (Å²) in [6, 6.07) is 4.54. The van der Waals surface area contributed by atoms with Crippen LogP contribution < -0.4 is 10.9 Å². The number of nitrogens with one attached hydrogen (secondary N) is 2. The molecule has 3 heterocycles. The van der Waals surface area contributed by atoms with Gasteiger partial charge in [-0.15, -0.1) is 0 Å². The van der Waals surface area contributed by atoms with Crippen LogP contribution in [0.1, 0.15) is 30.4 Å². The van der Waals surface area contributed by atoms with Gasteiger partial charge in [-0.05, 0) is 30.7 Å². The second-order valence-corrected chi connectivity index (χ2v) is 6.87. The smallest absolute Gasteiger partial charge is 0.265 e. The van der Waals surface area contributed by atoms with Crippen molar-refractivity contribution >= 4 is 11.7 Å². The van der Waals surface area contributed by atoms with E-state index in [0.717, 1.165) is 18.3 Å². The minimum absolute atomic E-state index is 0.0105. The molecule has 0 aliphatic carbocycles. The summed E-state index contributed by atoms with van der Waals surface area (Å²) < 4.78 is 42.1.